The number of aliphatic hydroxyl groups is 3. The molecule has 7 N–H and O–H groups in total. The Morgan fingerprint density at radius 1 is 1.37 bits per heavy atom. The van der Waals surface area contributed by atoms with Crippen LogP contribution in [0.2, 0.25) is 0 Å². The second kappa shape index (κ2) is 7.96. The zero-order valence-electron chi connectivity index (χ0n) is 16.5. The summed E-state index contributed by atoms with van der Waals surface area (Å²) in [5.41, 5.74) is 3.69. The fourth-order valence-electron chi connectivity index (χ4n) is 4.53. The van der Waals surface area contributed by atoms with Crippen LogP contribution in [0.3, 0.4) is 0 Å². The van der Waals surface area contributed by atoms with Gasteiger partial charge in [0.15, 0.2) is 11.5 Å². The molecule has 3 aliphatic heterocycles. The molecule has 0 spiro atoms. The number of hydrogen-bond donors (Lipinski definition) is 6. The maximum Gasteiger partial charge on any atom is 0.402 e. The summed E-state index contributed by atoms with van der Waals surface area (Å²) in [6.45, 7) is 0.857. The third kappa shape index (κ3) is 3.17. The van der Waals surface area contributed by atoms with Crippen molar-refractivity contribution >= 4 is 17.7 Å². The molecule has 0 radical (unpaired) electrons. The molecule has 0 aromatic heterocycles. The first-order chi connectivity index (χ1) is 14.1. The number of nitrogens with two attached hydrogens (primary N) is 1. The fourth-order valence-corrected chi connectivity index (χ4v) is 4.53. The Morgan fingerprint density at radius 3 is 2.53 bits per heavy atom. The van der Waals surface area contributed by atoms with Gasteiger partial charge in [0.05, 0.1) is 30.9 Å². The van der Waals surface area contributed by atoms with Crippen LogP contribution in [-0.2, 0) is 19.1 Å². The minimum absolute atomic E-state index is 0.0586. The summed E-state index contributed by atoms with van der Waals surface area (Å²) >= 11 is 0. The highest BCUT2D eigenvalue weighted by Gasteiger charge is 2.72. The van der Waals surface area contributed by atoms with Gasteiger partial charge < -0.3 is 45.9 Å². The van der Waals surface area contributed by atoms with E-state index in [0.717, 1.165) is 0 Å². The lowest BCUT2D eigenvalue weighted by atomic mass is 9.83. The summed E-state index contributed by atoms with van der Waals surface area (Å²) in [5, 5.41) is 38.9. The molecule has 1 aliphatic carbocycles. The third-order valence-electron chi connectivity index (χ3n) is 5.79. The van der Waals surface area contributed by atoms with Crippen LogP contribution in [0.15, 0.2) is 22.6 Å². The molecule has 2 fully saturated rings. The number of allylic oxidation sites excluding steroid dienone is 2. The first-order valence-electron chi connectivity index (χ1n) is 9.29. The van der Waals surface area contributed by atoms with Crippen molar-refractivity contribution in [2.45, 2.75) is 30.8 Å². The first kappa shape index (κ1) is 22.2. The van der Waals surface area contributed by atoms with E-state index in [-0.39, 0.29) is 53.7 Å². The van der Waals surface area contributed by atoms with Gasteiger partial charge in [-0.15, -0.1) is 0 Å². The van der Waals surface area contributed by atoms with E-state index < -0.39 is 36.2 Å². The first-order valence-corrected chi connectivity index (χ1v) is 9.29. The molecule has 1 amide bonds. The topological polar surface area (TPSA) is 202 Å². The lowest BCUT2D eigenvalue weighted by molar-refractivity contribution is -0.137. The Kier molecular flexibility index (Phi) is 5.89. The minimum Gasteiger partial charge on any atom is -0.486 e. The highest BCUT2D eigenvalue weighted by molar-refractivity contribution is 6.25. The highest BCUT2D eigenvalue weighted by Crippen LogP contribution is 2.55. The second-order valence-electron chi connectivity index (χ2n) is 7.41. The number of carboxylic acid groups (broad SMARTS) is 1. The van der Waals surface area contributed by atoms with Crippen LogP contribution < -0.4 is 11.1 Å². The molecule has 2 saturated heterocycles. The number of methoxy groups -OCH3 is 1. The van der Waals surface area contributed by atoms with Crippen LogP contribution >= 0.6 is 0 Å². The predicted molar refractivity (Wildman–Crippen MR) is 98.7 cm³/mol. The molecular formula is C18H25N3O9. The van der Waals surface area contributed by atoms with Crippen molar-refractivity contribution in [1.29, 1.82) is 0 Å². The number of nitrogens with one attached hydrogen (secondary N) is 1. The van der Waals surface area contributed by atoms with Crippen molar-refractivity contribution in [3.8, 4) is 0 Å². The monoisotopic (exact) mass is 427 g/mol. The van der Waals surface area contributed by atoms with Crippen molar-refractivity contribution in [3.63, 3.8) is 0 Å². The number of aliphatic hydroxyl groups excluding tert-OH is 3. The molecular weight excluding hydrogens is 402 g/mol. The Morgan fingerprint density at radius 2 is 2.00 bits per heavy atom. The van der Waals surface area contributed by atoms with Crippen LogP contribution in [0, 0.1) is 5.92 Å². The van der Waals surface area contributed by atoms with E-state index in [0.29, 0.717) is 6.54 Å². The zero-order chi connectivity index (χ0) is 22.4. The van der Waals surface area contributed by atoms with Crippen LogP contribution in [0.1, 0.15) is 6.92 Å². The molecule has 4 rings (SSSR count). The van der Waals surface area contributed by atoms with Gasteiger partial charge in [0.1, 0.15) is 12.7 Å². The standard InChI is InChI=1S/C17H22N2O7.CH3NO2/c1-7-13(23)12-11(14(24)15(7)26-6-8(22)4-20)9(5-21)17(25-2)16-10(18-16)3-19(12)17;2-1(3)4/h8-10,16,18,20-22H,3-6H2,1-2H3;2H2,(H,3,4). The third-order valence-corrected chi connectivity index (χ3v) is 5.79. The molecule has 166 valence electrons. The van der Waals surface area contributed by atoms with E-state index in [1.54, 1.807) is 4.90 Å². The average Bonchev–Trinajstić information content (AvgIpc) is 3.31. The van der Waals surface area contributed by atoms with Gasteiger partial charge in [0.25, 0.3) is 0 Å². The quantitative estimate of drug-likeness (QED) is 0.190. The Hall–Kier alpha value is -2.51. The van der Waals surface area contributed by atoms with Gasteiger partial charge in [-0.2, -0.15) is 0 Å². The number of carbonyl (C=O) groups excluding carboxylic acids is 2. The van der Waals surface area contributed by atoms with Crippen LogP contribution in [0.5, 0.6) is 0 Å². The summed E-state index contributed by atoms with van der Waals surface area (Å²) < 4.78 is 11.1. The Balaban J connectivity index is 0.000000589. The molecule has 0 saturated carbocycles. The number of carbonyl (C=O) groups is 3. The van der Waals surface area contributed by atoms with E-state index in [9.17, 15) is 19.8 Å². The number of nitrogens with zero attached hydrogens (tertiary/aromatic N) is 1. The molecule has 5 unspecified atom stereocenters. The van der Waals surface area contributed by atoms with Gasteiger partial charge in [-0.05, 0) is 6.92 Å². The summed E-state index contributed by atoms with van der Waals surface area (Å²) in [5.74, 6) is -1.65. The number of rotatable bonds is 6. The van der Waals surface area contributed by atoms with Gasteiger partial charge in [0.2, 0.25) is 11.6 Å². The molecule has 30 heavy (non-hydrogen) atoms. The van der Waals surface area contributed by atoms with E-state index in [1.165, 1.54) is 14.0 Å². The number of fused-ring (bicyclic) bond motifs is 4. The molecule has 5 atom stereocenters. The maximum atomic E-state index is 13.1. The van der Waals surface area contributed by atoms with Crippen molar-refractivity contribution in [2.75, 3.05) is 33.5 Å². The maximum absolute atomic E-state index is 13.1. The van der Waals surface area contributed by atoms with Gasteiger partial charge in [-0.3, -0.25) is 9.59 Å². The largest absolute Gasteiger partial charge is 0.486 e. The van der Waals surface area contributed by atoms with Gasteiger partial charge in [0, 0.05) is 30.8 Å². The van der Waals surface area contributed by atoms with Crippen LogP contribution in [0.4, 0.5) is 4.79 Å². The van der Waals surface area contributed by atoms with Crippen LogP contribution in [-0.4, -0.2) is 100 Å². The van der Waals surface area contributed by atoms with E-state index >= 15 is 0 Å². The number of hydrogen-bond acceptors (Lipinski definition) is 10. The molecule has 12 heteroatoms. The number of ether oxygens (including phenoxy) is 2. The second-order valence-corrected chi connectivity index (χ2v) is 7.41. The van der Waals surface area contributed by atoms with Gasteiger partial charge in [-0.25, -0.2) is 4.79 Å². The van der Waals surface area contributed by atoms with Gasteiger partial charge >= 0.3 is 6.09 Å². The molecule has 3 heterocycles. The summed E-state index contributed by atoms with van der Waals surface area (Å²) in [4.78, 5) is 36.7. The normalized spacial score (nSPS) is 32.3. The lowest BCUT2D eigenvalue weighted by Gasteiger charge is -2.39. The molecule has 12 nitrogen and oxygen atoms in total. The molecule has 0 bridgehead atoms. The lowest BCUT2D eigenvalue weighted by Crippen LogP contribution is -2.54. The average molecular weight is 427 g/mol. The number of amides is 1. The molecule has 4 aliphatic rings. The highest BCUT2D eigenvalue weighted by atomic mass is 16.5. The minimum atomic E-state index is -1.33. The fraction of sp³-hybridized carbons (Fsp3) is 0.611. The van der Waals surface area contributed by atoms with Crippen LogP contribution in [0.25, 0.3) is 0 Å². The summed E-state index contributed by atoms with van der Waals surface area (Å²) in [6.07, 6.45) is -2.49. The van der Waals surface area contributed by atoms with Crippen molar-refractivity contribution < 1.29 is 44.3 Å². The summed E-state index contributed by atoms with van der Waals surface area (Å²) in [7, 11) is 1.51. The smallest absolute Gasteiger partial charge is 0.402 e. The SMILES string of the molecule is COC12C(CO)C3=C(C(=O)C(C)=C(OCC(O)CO)C3=O)N1CC1NC12.NC(=O)O. The van der Waals surface area contributed by atoms with E-state index in [4.69, 9.17) is 24.5 Å². The van der Waals surface area contributed by atoms with Crippen molar-refractivity contribution in [2.24, 2.45) is 11.7 Å². The van der Waals surface area contributed by atoms with Crippen molar-refractivity contribution in [3.05, 3.63) is 22.6 Å². The number of piperazine rings is 1. The van der Waals surface area contributed by atoms with E-state index in [2.05, 4.69) is 11.1 Å². The Labute approximate surface area is 171 Å². The zero-order valence-corrected chi connectivity index (χ0v) is 16.5. The number of Topliss-reactive ketones (excluding diaryl/α,β-unsaturated/α-hetero) is 2. The molecule has 0 aromatic rings. The van der Waals surface area contributed by atoms with E-state index in [1.807, 2.05) is 0 Å². The number of ketones is 2. The van der Waals surface area contributed by atoms with Crippen molar-refractivity contribution in [1.82, 2.24) is 10.2 Å². The number of primary amides is 1. The molecule has 0 aromatic carbocycles. The Bertz CT molecular complexity index is 835. The predicted octanol–water partition coefficient (Wildman–Crippen LogP) is -2.72. The van der Waals surface area contributed by atoms with Gasteiger partial charge in [-0.1, -0.05) is 0 Å². The summed E-state index contributed by atoms with van der Waals surface area (Å²) in [6, 6.07) is 0.110.